The van der Waals surface area contributed by atoms with Crippen LogP contribution in [0.15, 0.2) is 0 Å². The number of likely N-dealkylation sites (N-methyl/N-ethyl adjacent to an activating group) is 2. The number of carbonyl (C=O) groups is 1. The third kappa shape index (κ3) is 4.69. The molecule has 0 bridgehead atoms. The zero-order valence-electron chi connectivity index (χ0n) is 17.4. The molecule has 0 spiro atoms. The fourth-order valence-corrected chi connectivity index (χ4v) is 5.16. The van der Waals surface area contributed by atoms with E-state index in [1.807, 2.05) is 28.4 Å². The molecule has 0 radical (unpaired) electrons. The molecule has 2 aliphatic rings. The lowest BCUT2D eigenvalue weighted by molar-refractivity contribution is 0.0763. The van der Waals surface area contributed by atoms with Crippen LogP contribution in [0.2, 0.25) is 0 Å². The minimum Gasteiger partial charge on any atom is -0.336 e. The summed E-state index contributed by atoms with van der Waals surface area (Å²) >= 11 is 1.93. The Kier molecular flexibility index (Phi) is 7.22. The van der Waals surface area contributed by atoms with Crippen LogP contribution in [-0.2, 0) is 19.9 Å². The van der Waals surface area contributed by atoms with Crippen molar-refractivity contribution in [3.8, 4) is 0 Å². The second-order valence-electron chi connectivity index (χ2n) is 7.71. The number of fused-ring (bicyclic) bond motifs is 1. The Labute approximate surface area is 168 Å². The number of carbonyl (C=O) groups excluding carboxylic acids is 1. The second-order valence-corrected chi connectivity index (χ2v) is 8.93. The summed E-state index contributed by atoms with van der Waals surface area (Å²) < 4.78 is 1.95. The SMILES string of the molecule is CCN(CC)CCN(C)C1CCc2c(c(C(=O)N3CCSCC3)nn2C)C1. The van der Waals surface area contributed by atoms with Gasteiger partial charge >= 0.3 is 0 Å². The molecule has 1 aromatic rings. The van der Waals surface area contributed by atoms with E-state index in [1.54, 1.807) is 0 Å². The quantitative estimate of drug-likeness (QED) is 0.706. The summed E-state index contributed by atoms with van der Waals surface area (Å²) in [6.45, 7) is 10.5. The highest BCUT2D eigenvalue weighted by molar-refractivity contribution is 7.99. The normalized spacial score (nSPS) is 20.4. The van der Waals surface area contributed by atoms with Crippen LogP contribution in [-0.4, -0.2) is 94.3 Å². The van der Waals surface area contributed by atoms with Gasteiger partial charge in [0.05, 0.1) is 0 Å². The van der Waals surface area contributed by atoms with Gasteiger partial charge in [0.1, 0.15) is 0 Å². The van der Waals surface area contributed by atoms with Gasteiger partial charge in [-0.3, -0.25) is 9.48 Å². The molecule has 1 aliphatic carbocycles. The number of amides is 1. The minimum absolute atomic E-state index is 0.138. The Balaban J connectivity index is 1.69. The van der Waals surface area contributed by atoms with E-state index in [4.69, 9.17) is 0 Å². The highest BCUT2D eigenvalue weighted by Crippen LogP contribution is 2.28. The van der Waals surface area contributed by atoms with Crippen molar-refractivity contribution in [3.63, 3.8) is 0 Å². The molecule has 6 nitrogen and oxygen atoms in total. The smallest absolute Gasteiger partial charge is 0.274 e. The Morgan fingerprint density at radius 2 is 1.93 bits per heavy atom. The van der Waals surface area contributed by atoms with Gasteiger partial charge in [0.2, 0.25) is 0 Å². The molecule has 0 aromatic carbocycles. The van der Waals surface area contributed by atoms with E-state index in [0.717, 1.165) is 70.0 Å². The van der Waals surface area contributed by atoms with E-state index in [9.17, 15) is 4.79 Å². The molecule has 27 heavy (non-hydrogen) atoms. The van der Waals surface area contributed by atoms with Crippen molar-refractivity contribution >= 4 is 17.7 Å². The monoisotopic (exact) mass is 393 g/mol. The van der Waals surface area contributed by atoms with Crippen molar-refractivity contribution < 1.29 is 4.79 Å². The van der Waals surface area contributed by atoms with Crippen LogP contribution < -0.4 is 0 Å². The molecular formula is C20H35N5OS. The van der Waals surface area contributed by atoms with Crippen molar-refractivity contribution in [1.82, 2.24) is 24.5 Å². The summed E-state index contributed by atoms with van der Waals surface area (Å²) in [6.07, 6.45) is 3.11. The van der Waals surface area contributed by atoms with Gasteiger partial charge in [0.15, 0.2) is 5.69 Å². The maximum absolute atomic E-state index is 13.1. The standard InChI is InChI=1S/C20H35N5OS/c1-5-24(6-2)10-9-22(3)16-7-8-18-17(15-16)19(21-23(18)4)20(26)25-11-13-27-14-12-25/h16H,5-15H2,1-4H3. The van der Waals surface area contributed by atoms with Gasteiger partial charge < -0.3 is 14.7 Å². The van der Waals surface area contributed by atoms with Crippen LogP contribution in [0.25, 0.3) is 0 Å². The van der Waals surface area contributed by atoms with E-state index < -0.39 is 0 Å². The van der Waals surface area contributed by atoms with Gasteiger partial charge in [0, 0.05) is 62.0 Å². The molecule has 1 fully saturated rings. The minimum atomic E-state index is 0.138. The summed E-state index contributed by atoms with van der Waals surface area (Å²) in [5, 5.41) is 4.65. The van der Waals surface area contributed by atoms with Crippen LogP contribution in [0, 0.1) is 0 Å². The molecular weight excluding hydrogens is 358 g/mol. The van der Waals surface area contributed by atoms with Crippen molar-refractivity contribution in [3.05, 3.63) is 17.0 Å². The van der Waals surface area contributed by atoms with E-state index in [2.05, 4.69) is 35.8 Å². The third-order valence-electron chi connectivity index (χ3n) is 6.22. The Bertz CT molecular complexity index is 637. The van der Waals surface area contributed by atoms with Crippen LogP contribution in [0.5, 0.6) is 0 Å². The molecule has 2 heterocycles. The summed E-state index contributed by atoms with van der Waals surface area (Å²) in [4.78, 5) is 20.0. The van der Waals surface area contributed by atoms with Crippen LogP contribution in [0.4, 0.5) is 0 Å². The van der Waals surface area contributed by atoms with Gasteiger partial charge in [-0.05, 0) is 39.4 Å². The molecule has 7 heteroatoms. The number of nitrogens with zero attached hydrogens (tertiary/aromatic N) is 5. The van der Waals surface area contributed by atoms with Crippen molar-refractivity contribution in [2.24, 2.45) is 7.05 Å². The average Bonchev–Trinajstić information content (AvgIpc) is 3.04. The second kappa shape index (κ2) is 9.43. The third-order valence-corrected chi connectivity index (χ3v) is 7.16. The molecule has 0 N–H and O–H groups in total. The van der Waals surface area contributed by atoms with E-state index >= 15 is 0 Å². The van der Waals surface area contributed by atoms with Crippen molar-refractivity contribution in [1.29, 1.82) is 0 Å². The molecule has 3 rings (SSSR count). The number of hydrogen-bond acceptors (Lipinski definition) is 5. The summed E-state index contributed by atoms with van der Waals surface area (Å²) in [5.74, 6) is 2.22. The Morgan fingerprint density at radius 3 is 2.59 bits per heavy atom. The summed E-state index contributed by atoms with van der Waals surface area (Å²) in [7, 11) is 4.23. The average molecular weight is 394 g/mol. The fourth-order valence-electron chi connectivity index (χ4n) is 4.26. The highest BCUT2D eigenvalue weighted by atomic mass is 32.2. The Morgan fingerprint density at radius 1 is 1.22 bits per heavy atom. The maximum Gasteiger partial charge on any atom is 0.274 e. The fraction of sp³-hybridized carbons (Fsp3) is 0.800. The maximum atomic E-state index is 13.1. The lowest BCUT2D eigenvalue weighted by atomic mass is 9.90. The predicted molar refractivity (Wildman–Crippen MR) is 113 cm³/mol. The molecule has 1 unspecified atom stereocenters. The Hall–Kier alpha value is -1.05. The van der Waals surface area contributed by atoms with Crippen molar-refractivity contribution in [2.75, 3.05) is 57.8 Å². The largest absolute Gasteiger partial charge is 0.336 e. The van der Waals surface area contributed by atoms with Crippen LogP contribution >= 0.6 is 11.8 Å². The van der Waals surface area contributed by atoms with E-state index in [-0.39, 0.29) is 5.91 Å². The van der Waals surface area contributed by atoms with Gasteiger partial charge in [-0.1, -0.05) is 13.8 Å². The first-order valence-corrected chi connectivity index (χ1v) is 11.5. The molecule has 1 aliphatic heterocycles. The number of hydrogen-bond donors (Lipinski definition) is 0. The van der Waals surface area contributed by atoms with Crippen LogP contribution in [0.3, 0.4) is 0 Å². The highest BCUT2D eigenvalue weighted by Gasteiger charge is 2.32. The molecule has 1 saturated heterocycles. The number of aryl methyl sites for hydroxylation is 1. The van der Waals surface area contributed by atoms with Gasteiger partial charge in [-0.25, -0.2) is 0 Å². The lowest BCUT2D eigenvalue weighted by Crippen LogP contribution is -2.42. The summed E-state index contributed by atoms with van der Waals surface area (Å²) in [5.41, 5.74) is 3.17. The predicted octanol–water partition coefficient (Wildman–Crippen LogP) is 1.74. The van der Waals surface area contributed by atoms with Crippen molar-refractivity contribution in [2.45, 2.75) is 39.2 Å². The molecule has 1 aromatic heterocycles. The number of aromatic nitrogens is 2. The molecule has 1 atom stereocenters. The molecule has 0 saturated carbocycles. The van der Waals surface area contributed by atoms with Crippen LogP contribution in [0.1, 0.15) is 42.0 Å². The first kappa shape index (κ1) is 20.7. The lowest BCUT2D eigenvalue weighted by Gasteiger charge is -2.33. The zero-order valence-corrected chi connectivity index (χ0v) is 18.2. The van der Waals surface area contributed by atoms with Gasteiger partial charge in [-0.2, -0.15) is 16.9 Å². The first-order valence-electron chi connectivity index (χ1n) is 10.4. The molecule has 152 valence electrons. The first-order chi connectivity index (χ1) is 13.0. The number of rotatable bonds is 7. The van der Waals surface area contributed by atoms with E-state index in [1.165, 1.54) is 11.3 Å². The van der Waals surface area contributed by atoms with Gasteiger partial charge in [-0.15, -0.1) is 0 Å². The number of thioether (sulfide) groups is 1. The topological polar surface area (TPSA) is 44.6 Å². The molecule has 1 amide bonds. The summed E-state index contributed by atoms with van der Waals surface area (Å²) in [6, 6.07) is 0.501. The zero-order chi connectivity index (χ0) is 19.4. The van der Waals surface area contributed by atoms with E-state index in [0.29, 0.717) is 11.7 Å². The van der Waals surface area contributed by atoms with Gasteiger partial charge in [0.25, 0.3) is 5.91 Å².